The van der Waals surface area contributed by atoms with Crippen molar-refractivity contribution in [2.24, 2.45) is 0 Å². The average molecular weight is 562 g/mol. The number of rotatable bonds is 9. The third-order valence-corrected chi connectivity index (χ3v) is 7.82. The quantitative estimate of drug-likeness (QED) is 0.155. The fraction of sp³-hybridized carbons (Fsp3) is 0.688. The molecule has 0 aromatic carbocycles. The zero-order chi connectivity index (χ0) is 27.0. The molecule has 2 saturated heterocycles. The van der Waals surface area contributed by atoms with Gasteiger partial charge in [0, 0.05) is 11.8 Å². The molecule has 1 aromatic rings. The first kappa shape index (κ1) is 28.8. The van der Waals surface area contributed by atoms with E-state index >= 15 is 0 Å². The molecule has 1 aromatic heterocycles. The smallest absolute Gasteiger partial charge is 0.479 e. The van der Waals surface area contributed by atoms with E-state index in [-0.39, 0.29) is 18.4 Å². The Bertz CT molecular complexity index is 1180. The molecule has 20 heteroatoms. The molecule has 0 aliphatic carbocycles. The van der Waals surface area contributed by atoms with E-state index in [1.54, 1.807) is 0 Å². The topological polar surface area (TPSA) is 274 Å². The SMILES string of the molecule is Cc1cn([C@H]2CC[C@@H](COP(=O)(O)OP(=O)(O)O[C@@H]3O[C@H](C(=O)O)[C@H](O)[C@H](O)[C@H]3O)O2)c(=O)[nH]c1=O. The number of nitrogens with zero attached hydrogens (tertiary/aromatic N) is 1. The van der Waals surface area contributed by atoms with Gasteiger partial charge in [0.25, 0.3) is 5.56 Å². The van der Waals surface area contributed by atoms with Crippen LogP contribution in [0.1, 0.15) is 24.6 Å². The molecule has 2 fully saturated rings. The number of aliphatic carboxylic acids is 1. The minimum atomic E-state index is -5.59. The number of aryl methyl sites for hydroxylation is 1. The highest BCUT2D eigenvalue weighted by Crippen LogP contribution is 2.61. The predicted molar refractivity (Wildman–Crippen MR) is 111 cm³/mol. The number of carboxylic acid groups (broad SMARTS) is 1. The Kier molecular flexibility index (Phi) is 8.72. The van der Waals surface area contributed by atoms with Gasteiger partial charge in [-0.1, -0.05) is 0 Å². The van der Waals surface area contributed by atoms with Crippen molar-refractivity contribution in [2.45, 2.75) is 62.8 Å². The van der Waals surface area contributed by atoms with Crippen LogP contribution in [-0.2, 0) is 36.8 Å². The number of H-pyrrole nitrogens is 1. The summed E-state index contributed by atoms with van der Waals surface area (Å²) < 4.78 is 48.7. The van der Waals surface area contributed by atoms with Crippen molar-refractivity contribution in [3.05, 3.63) is 32.6 Å². The van der Waals surface area contributed by atoms with E-state index in [0.717, 1.165) is 4.57 Å². The number of nitrogens with one attached hydrogen (secondary N) is 1. The molecule has 2 aliphatic rings. The molecule has 36 heavy (non-hydrogen) atoms. The molecular formula is C16H24N2O16P2. The minimum absolute atomic E-state index is 0.224. The van der Waals surface area contributed by atoms with E-state index in [1.165, 1.54) is 13.1 Å². The summed E-state index contributed by atoms with van der Waals surface area (Å²) in [6, 6.07) is 0. The second-order valence-corrected chi connectivity index (χ2v) is 10.9. The molecule has 18 nitrogen and oxygen atoms in total. The first-order valence-electron chi connectivity index (χ1n) is 10.2. The third-order valence-electron chi connectivity index (χ3n) is 5.22. The highest BCUT2D eigenvalue weighted by molar-refractivity contribution is 7.61. The summed E-state index contributed by atoms with van der Waals surface area (Å²) in [5.41, 5.74) is -1.06. The Labute approximate surface area is 200 Å². The minimum Gasteiger partial charge on any atom is -0.479 e. The monoisotopic (exact) mass is 562 g/mol. The van der Waals surface area contributed by atoms with Gasteiger partial charge in [-0.15, -0.1) is 0 Å². The van der Waals surface area contributed by atoms with Crippen LogP contribution < -0.4 is 11.2 Å². The van der Waals surface area contributed by atoms with E-state index in [9.17, 15) is 48.6 Å². The Balaban J connectivity index is 1.57. The number of hydrogen-bond acceptors (Lipinski definition) is 13. The maximum Gasteiger partial charge on any atom is 0.483 e. The molecule has 204 valence electrons. The molecule has 0 spiro atoms. The molecule has 0 bridgehead atoms. The van der Waals surface area contributed by atoms with Crippen LogP contribution in [0, 0.1) is 6.92 Å². The highest BCUT2D eigenvalue weighted by atomic mass is 31.3. The maximum absolute atomic E-state index is 12.2. The van der Waals surface area contributed by atoms with Crippen LogP contribution in [0.25, 0.3) is 0 Å². The normalized spacial score (nSPS) is 34.1. The Morgan fingerprint density at radius 1 is 1.11 bits per heavy atom. The third kappa shape index (κ3) is 6.74. The van der Waals surface area contributed by atoms with Gasteiger partial charge in [0.1, 0.15) is 24.5 Å². The summed E-state index contributed by atoms with van der Waals surface area (Å²) in [7, 11) is -10.9. The number of hydrogen-bond donors (Lipinski definition) is 7. The van der Waals surface area contributed by atoms with Gasteiger partial charge in [-0.05, 0) is 19.8 Å². The van der Waals surface area contributed by atoms with Crippen molar-refractivity contribution in [3.8, 4) is 0 Å². The van der Waals surface area contributed by atoms with Crippen LogP contribution in [0.5, 0.6) is 0 Å². The summed E-state index contributed by atoms with van der Waals surface area (Å²) >= 11 is 0. The van der Waals surface area contributed by atoms with Gasteiger partial charge < -0.3 is 39.7 Å². The summed E-state index contributed by atoms with van der Waals surface area (Å²) in [5, 5.41) is 38.1. The van der Waals surface area contributed by atoms with Crippen molar-refractivity contribution < 1.29 is 67.0 Å². The fourth-order valence-electron chi connectivity index (χ4n) is 3.43. The molecule has 0 radical (unpaired) electrons. The number of aromatic nitrogens is 2. The highest BCUT2D eigenvalue weighted by Gasteiger charge is 2.50. The van der Waals surface area contributed by atoms with E-state index in [1.807, 2.05) is 0 Å². The number of aliphatic hydroxyl groups is 3. The molecule has 2 aliphatic heterocycles. The van der Waals surface area contributed by atoms with Gasteiger partial charge >= 0.3 is 27.3 Å². The van der Waals surface area contributed by atoms with E-state index in [2.05, 4.69) is 23.1 Å². The van der Waals surface area contributed by atoms with Crippen molar-refractivity contribution >= 4 is 21.6 Å². The Morgan fingerprint density at radius 3 is 2.42 bits per heavy atom. The van der Waals surface area contributed by atoms with Gasteiger partial charge in [-0.2, -0.15) is 4.31 Å². The second-order valence-electron chi connectivity index (χ2n) is 7.92. The number of phosphoric ester groups is 2. The number of ether oxygens (including phenoxy) is 2. The molecule has 0 saturated carbocycles. The van der Waals surface area contributed by atoms with Crippen LogP contribution in [-0.4, -0.2) is 89.2 Å². The van der Waals surface area contributed by atoms with Crippen molar-refractivity contribution in [2.75, 3.05) is 6.61 Å². The lowest BCUT2D eigenvalue weighted by molar-refractivity contribution is -0.274. The van der Waals surface area contributed by atoms with Crippen LogP contribution in [0.15, 0.2) is 15.8 Å². The van der Waals surface area contributed by atoms with Crippen LogP contribution in [0.4, 0.5) is 0 Å². The van der Waals surface area contributed by atoms with Crippen molar-refractivity contribution in [3.63, 3.8) is 0 Å². The van der Waals surface area contributed by atoms with Gasteiger partial charge in [0.05, 0.1) is 12.7 Å². The Morgan fingerprint density at radius 2 is 1.78 bits per heavy atom. The molecule has 3 heterocycles. The summed E-state index contributed by atoms with van der Waals surface area (Å²) in [4.78, 5) is 56.2. The largest absolute Gasteiger partial charge is 0.483 e. The molecular weight excluding hydrogens is 538 g/mol. The lowest BCUT2D eigenvalue weighted by Crippen LogP contribution is -2.60. The summed E-state index contributed by atoms with van der Waals surface area (Å²) in [5.74, 6) is -1.80. The van der Waals surface area contributed by atoms with Gasteiger partial charge in [0.15, 0.2) is 12.4 Å². The lowest BCUT2D eigenvalue weighted by Gasteiger charge is -2.38. The molecule has 0 amide bonds. The first-order valence-corrected chi connectivity index (χ1v) is 13.2. The van der Waals surface area contributed by atoms with Crippen molar-refractivity contribution in [1.82, 2.24) is 9.55 Å². The predicted octanol–water partition coefficient (Wildman–Crippen LogP) is -2.33. The molecule has 3 rings (SSSR count). The lowest BCUT2D eigenvalue weighted by atomic mass is 9.99. The van der Waals surface area contributed by atoms with Gasteiger partial charge in [0.2, 0.25) is 0 Å². The number of phosphoric acid groups is 2. The number of aliphatic hydroxyl groups excluding tert-OH is 3. The van der Waals surface area contributed by atoms with E-state index in [0.29, 0.717) is 0 Å². The van der Waals surface area contributed by atoms with Crippen LogP contribution in [0.3, 0.4) is 0 Å². The summed E-state index contributed by atoms with van der Waals surface area (Å²) in [6.07, 6.45) is -11.0. The van der Waals surface area contributed by atoms with E-state index < -0.39 is 82.5 Å². The molecule has 2 unspecified atom stereocenters. The first-order chi connectivity index (χ1) is 16.6. The fourth-order valence-corrected chi connectivity index (χ4v) is 5.61. The molecule has 7 N–H and O–H groups in total. The number of carbonyl (C=O) groups is 1. The maximum atomic E-state index is 12.2. The van der Waals surface area contributed by atoms with Crippen LogP contribution >= 0.6 is 15.6 Å². The zero-order valence-electron chi connectivity index (χ0n) is 18.3. The summed E-state index contributed by atoms with van der Waals surface area (Å²) in [6.45, 7) is 0.830. The van der Waals surface area contributed by atoms with Crippen LogP contribution in [0.2, 0.25) is 0 Å². The van der Waals surface area contributed by atoms with Gasteiger partial charge in [-0.25, -0.2) is 18.7 Å². The number of aromatic amines is 1. The van der Waals surface area contributed by atoms with Gasteiger partial charge in [-0.3, -0.25) is 23.4 Å². The Hall–Kier alpha value is -1.79. The second kappa shape index (κ2) is 10.9. The number of carboxylic acids is 1. The molecule has 9 atom stereocenters. The zero-order valence-corrected chi connectivity index (χ0v) is 20.1. The standard InChI is InChI=1S/C16H24N2O16P2/c1-6-4-18(16(25)17-13(6)22)8-3-2-7(31-8)5-30-35(26,27)34-36(28,29)33-15-11(21)9(19)10(20)12(32-15)14(23)24/h4,7-12,15,19-21H,2-3,5H2,1H3,(H,23,24)(H,26,27)(H,28,29)(H,17,22,25)/t7-,8+,9-,10+,11+,12-,15-/m0/s1. The average Bonchev–Trinajstić information content (AvgIpc) is 3.23. The van der Waals surface area contributed by atoms with E-state index in [4.69, 9.17) is 9.84 Å². The van der Waals surface area contributed by atoms with Crippen molar-refractivity contribution in [1.29, 1.82) is 0 Å².